The van der Waals surface area contributed by atoms with Gasteiger partial charge in [0.15, 0.2) is 5.30 Å². The van der Waals surface area contributed by atoms with E-state index in [1.54, 1.807) is 19.9 Å². The Bertz CT molecular complexity index is 1350. The highest BCUT2D eigenvalue weighted by molar-refractivity contribution is 7.67. The van der Waals surface area contributed by atoms with Gasteiger partial charge in [-0.2, -0.15) is 0 Å². The van der Waals surface area contributed by atoms with Gasteiger partial charge in [-0.1, -0.05) is 56.3 Å². The van der Waals surface area contributed by atoms with E-state index in [0.717, 1.165) is 5.56 Å². The Morgan fingerprint density at radius 1 is 1.10 bits per heavy atom. The van der Waals surface area contributed by atoms with Crippen molar-refractivity contribution in [2.45, 2.75) is 34.2 Å². The van der Waals surface area contributed by atoms with Gasteiger partial charge >= 0.3 is 5.97 Å². The second-order valence-electron chi connectivity index (χ2n) is 10.2. The fourth-order valence-corrected chi connectivity index (χ4v) is 6.66. The van der Waals surface area contributed by atoms with Crippen molar-refractivity contribution in [3.05, 3.63) is 87.2 Å². The van der Waals surface area contributed by atoms with Gasteiger partial charge in [-0.05, 0) is 25.0 Å². The molecule has 0 atom stereocenters. The number of ether oxygens (including phenoxy) is 1. The maximum atomic E-state index is 14.1. The highest BCUT2D eigenvalue weighted by Gasteiger charge is 2.47. The number of pyridine rings is 1. The van der Waals surface area contributed by atoms with Gasteiger partial charge in [0, 0.05) is 36.2 Å². The maximum absolute atomic E-state index is 14.1. The molecule has 3 aromatic rings. The molecule has 1 aromatic heterocycles. The Balaban J connectivity index is 1.70. The molecule has 206 valence electrons. The number of rotatable bonds is 9. The summed E-state index contributed by atoms with van der Waals surface area (Å²) in [7, 11) is -3.93. The fourth-order valence-electron chi connectivity index (χ4n) is 4.33. The zero-order valence-corrected chi connectivity index (χ0v) is 23.3. The maximum Gasteiger partial charge on any atom is 0.340 e. The molecular formula is C28H32N3O7P. The number of nitro groups is 1. The van der Waals surface area contributed by atoms with Gasteiger partial charge in [0.1, 0.15) is 19.8 Å². The first-order chi connectivity index (χ1) is 18.5. The highest BCUT2D eigenvalue weighted by Crippen LogP contribution is 2.58. The van der Waals surface area contributed by atoms with Crippen LogP contribution < -0.4 is 15.5 Å². The molecule has 1 fully saturated rings. The van der Waals surface area contributed by atoms with Crippen LogP contribution in [0, 0.1) is 29.4 Å². The number of hydrogen-bond acceptors (Lipinski definition) is 9. The first-order valence-electron chi connectivity index (χ1n) is 12.6. The highest BCUT2D eigenvalue weighted by atomic mass is 31.2. The molecule has 10 nitrogen and oxygen atoms in total. The SMILES string of the molecule is Cc1nc(C)c([P+]2([O-])OCC(C)(C)CO2)c(-c2cccc([N+](=O)[O-])c2)c1C(=O)OCCNCc1ccccc1. The molecular weight excluding hydrogens is 521 g/mol. The van der Waals surface area contributed by atoms with E-state index < -0.39 is 18.8 Å². The van der Waals surface area contributed by atoms with Crippen LogP contribution in [0.5, 0.6) is 0 Å². The summed E-state index contributed by atoms with van der Waals surface area (Å²) in [4.78, 5) is 43.1. The summed E-state index contributed by atoms with van der Waals surface area (Å²) < 4.78 is 17.2. The molecule has 0 aliphatic carbocycles. The van der Waals surface area contributed by atoms with E-state index in [9.17, 15) is 19.8 Å². The Morgan fingerprint density at radius 2 is 1.79 bits per heavy atom. The number of esters is 1. The first kappa shape index (κ1) is 28.7. The van der Waals surface area contributed by atoms with Crippen LogP contribution in [0.4, 0.5) is 5.69 Å². The molecule has 0 radical (unpaired) electrons. The van der Waals surface area contributed by atoms with Crippen LogP contribution in [0.2, 0.25) is 0 Å². The Hall–Kier alpha value is -3.27. The van der Waals surface area contributed by atoms with Gasteiger partial charge < -0.3 is 14.9 Å². The molecule has 1 aliphatic heterocycles. The van der Waals surface area contributed by atoms with Crippen molar-refractivity contribution in [2.24, 2.45) is 5.41 Å². The van der Waals surface area contributed by atoms with E-state index in [-0.39, 0.29) is 47.4 Å². The minimum absolute atomic E-state index is 0.0615. The fraction of sp³-hybridized carbons (Fsp3) is 0.357. The van der Waals surface area contributed by atoms with Gasteiger partial charge in [-0.15, -0.1) is 0 Å². The third-order valence-corrected chi connectivity index (χ3v) is 8.32. The quantitative estimate of drug-likeness (QED) is 0.137. The van der Waals surface area contributed by atoms with Crippen LogP contribution in [-0.4, -0.2) is 42.2 Å². The molecule has 1 aliphatic rings. The summed E-state index contributed by atoms with van der Waals surface area (Å²) in [5.41, 5.74) is 1.82. The number of carbonyl (C=O) groups is 1. The van der Waals surface area contributed by atoms with Crippen molar-refractivity contribution in [3.8, 4) is 11.1 Å². The summed E-state index contributed by atoms with van der Waals surface area (Å²) in [6.45, 7) is 8.55. The zero-order chi connectivity index (χ0) is 28.2. The molecule has 1 N–H and O–H groups in total. The normalized spacial score (nSPS) is 16.0. The summed E-state index contributed by atoms with van der Waals surface area (Å²) in [5.74, 6) is -0.687. The zero-order valence-electron chi connectivity index (χ0n) is 22.4. The predicted molar refractivity (Wildman–Crippen MR) is 146 cm³/mol. The molecule has 4 rings (SSSR count). The predicted octanol–water partition coefficient (Wildman–Crippen LogP) is 4.04. The van der Waals surface area contributed by atoms with E-state index in [2.05, 4.69) is 10.3 Å². The summed E-state index contributed by atoms with van der Waals surface area (Å²) in [5, 5.41) is 14.9. The number of non-ortho nitro benzene ring substituents is 1. The number of hydrogen-bond donors (Lipinski definition) is 1. The number of benzene rings is 2. The van der Waals surface area contributed by atoms with Crippen LogP contribution in [-0.2, 0) is 20.3 Å². The van der Waals surface area contributed by atoms with Crippen LogP contribution >= 0.6 is 7.94 Å². The molecule has 39 heavy (non-hydrogen) atoms. The molecule has 0 saturated carbocycles. The van der Waals surface area contributed by atoms with Crippen molar-refractivity contribution in [1.82, 2.24) is 10.3 Å². The molecule has 11 heteroatoms. The number of aromatic nitrogens is 1. The van der Waals surface area contributed by atoms with Crippen LogP contribution in [0.15, 0.2) is 54.6 Å². The van der Waals surface area contributed by atoms with Crippen molar-refractivity contribution in [2.75, 3.05) is 26.4 Å². The summed E-state index contributed by atoms with van der Waals surface area (Å²) >= 11 is 0. The van der Waals surface area contributed by atoms with Crippen molar-refractivity contribution in [3.63, 3.8) is 0 Å². The third-order valence-electron chi connectivity index (χ3n) is 6.28. The van der Waals surface area contributed by atoms with Crippen molar-refractivity contribution >= 4 is 24.9 Å². The minimum Gasteiger partial charge on any atom is -0.627 e. The van der Waals surface area contributed by atoms with Gasteiger partial charge in [0.25, 0.3) is 13.6 Å². The Morgan fingerprint density at radius 3 is 2.46 bits per heavy atom. The number of nitro benzene ring substituents is 1. The van der Waals surface area contributed by atoms with Crippen LogP contribution in [0.1, 0.15) is 41.2 Å². The molecule has 2 aromatic carbocycles. The molecule has 0 bridgehead atoms. The van der Waals surface area contributed by atoms with E-state index in [0.29, 0.717) is 30.0 Å². The van der Waals surface area contributed by atoms with Crippen molar-refractivity contribution < 1.29 is 28.4 Å². The Kier molecular flexibility index (Phi) is 8.73. The lowest BCUT2D eigenvalue weighted by atomic mass is 9.97. The van der Waals surface area contributed by atoms with E-state index >= 15 is 0 Å². The smallest absolute Gasteiger partial charge is 0.340 e. The average molecular weight is 554 g/mol. The van der Waals surface area contributed by atoms with Gasteiger partial charge in [0.05, 0.1) is 21.9 Å². The number of carbonyl (C=O) groups excluding carboxylic acids is 1. The first-order valence-corrected chi connectivity index (χ1v) is 14.1. The van der Waals surface area contributed by atoms with Gasteiger partial charge in [-0.3, -0.25) is 15.1 Å². The lowest BCUT2D eigenvalue weighted by molar-refractivity contribution is -0.384. The van der Waals surface area contributed by atoms with Crippen LogP contribution in [0.3, 0.4) is 0 Å². The standard InChI is InChI=1S/C28H32N3O7P/c1-19-24(27(32)36-14-13-29-16-21-9-6-5-7-10-21)25(22-11-8-12-23(15-22)31(33)34)26(20(2)30-19)39(35)37-17-28(3,4)18-38-39/h5-12,15,29H,13-14,16-18H2,1-4H3. The van der Waals surface area contributed by atoms with Crippen molar-refractivity contribution in [1.29, 1.82) is 0 Å². The monoisotopic (exact) mass is 553 g/mol. The molecule has 0 unspecified atom stereocenters. The second-order valence-corrected chi connectivity index (χ2v) is 12.2. The molecule has 2 heterocycles. The third kappa shape index (κ3) is 6.66. The summed E-state index contributed by atoms with van der Waals surface area (Å²) in [6.07, 6.45) is 0. The number of nitrogens with one attached hydrogen (secondary N) is 1. The van der Waals surface area contributed by atoms with E-state index in [1.165, 1.54) is 18.2 Å². The molecule has 1 saturated heterocycles. The van der Waals surface area contributed by atoms with Gasteiger partial charge in [-0.25, -0.2) is 13.8 Å². The largest absolute Gasteiger partial charge is 0.627 e. The number of aryl methyl sites for hydroxylation is 2. The second kappa shape index (κ2) is 11.9. The van der Waals surface area contributed by atoms with Gasteiger partial charge in [0.2, 0.25) is 0 Å². The molecule has 0 spiro atoms. The average Bonchev–Trinajstić information content (AvgIpc) is 2.90. The molecule has 0 amide bonds. The lowest BCUT2D eigenvalue weighted by Crippen LogP contribution is -2.41. The topological polar surface area (TPSA) is 136 Å². The lowest BCUT2D eigenvalue weighted by Gasteiger charge is -2.39. The number of nitrogens with zero attached hydrogens (tertiary/aromatic N) is 2. The minimum atomic E-state index is -3.93. The van der Waals surface area contributed by atoms with E-state index in [1.807, 2.05) is 44.2 Å². The summed E-state index contributed by atoms with van der Waals surface area (Å²) in [6, 6.07) is 15.6. The van der Waals surface area contributed by atoms with Crippen LogP contribution in [0.25, 0.3) is 11.1 Å². The Labute approximate surface area is 228 Å². The van der Waals surface area contributed by atoms with E-state index in [4.69, 9.17) is 13.8 Å².